The molecule has 132 valence electrons. The van der Waals surface area contributed by atoms with Crippen molar-refractivity contribution in [1.29, 1.82) is 0 Å². The van der Waals surface area contributed by atoms with Crippen molar-refractivity contribution in [2.75, 3.05) is 19.8 Å². The molecule has 3 nitrogen and oxygen atoms in total. The molecule has 0 aromatic heterocycles. The highest BCUT2D eigenvalue weighted by Gasteiger charge is 2.08. The minimum Gasteiger partial charge on any atom is -0.376 e. The zero-order chi connectivity index (χ0) is 17.9. The lowest BCUT2D eigenvalue weighted by atomic mass is 10.1. The molecule has 3 heteroatoms. The number of benzene rings is 2. The number of rotatable bonds is 11. The lowest BCUT2D eigenvalue weighted by Gasteiger charge is -2.15. The van der Waals surface area contributed by atoms with E-state index in [1.54, 1.807) is 0 Å². The molecular weight excluding hydrogens is 310 g/mol. The van der Waals surface area contributed by atoms with Crippen molar-refractivity contribution >= 4 is 12.2 Å². The Morgan fingerprint density at radius 1 is 0.840 bits per heavy atom. The van der Waals surface area contributed by atoms with Crippen LogP contribution in [0.3, 0.4) is 0 Å². The van der Waals surface area contributed by atoms with Crippen molar-refractivity contribution in [2.24, 2.45) is 11.7 Å². The van der Waals surface area contributed by atoms with E-state index in [0.29, 0.717) is 33.0 Å². The van der Waals surface area contributed by atoms with Gasteiger partial charge in [-0.15, -0.1) is 0 Å². The van der Waals surface area contributed by atoms with Crippen molar-refractivity contribution in [1.82, 2.24) is 0 Å². The summed E-state index contributed by atoms with van der Waals surface area (Å²) in [6.45, 7) is 10.4. The minimum atomic E-state index is 0.190. The van der Waals surface area contributed by atoms with E-state index in [0.717, 1.165) is 22.3 Å². The first-order valence-electron chi connectivity index (χ1n) is 8.53. The van der Waals surface area contributed by atoms with Crippen LogP contribution in [0, 0.1) is 5.92 Å². The first-order valence-corrected chi connectivity index (χ1v) is 8.53. The standard InChI is InChI=1S/C22H27NO2/c1-3-18-8-10-20(11-9-18)14-24-16-22(13-23)17-25-15-21-7-5-6-19(4-2)12-21/h3-12,22H,1-2,13-17,23H2. The Labute approximate surface area is 150 Å². The Hall–Kier alpha value is -2.20. The van der Waals surface area contributed by atoms with Gasteiger partial charge in [-0.05, 0) is 34.9 Å². The number of nitrogens with two attached hydrogens (primary N) is 1. The van der Waals surface area contributed by atoms with Crippen LogP contribution < -0.4 is 5.73 Å². The summed E-state index contributed by atoms with van der Waals surface area (Å²) in [5.74, 6) is 0.190. The van der Waals surface area contributed by atoms with Crippen LogP contribution in [0.25, 0.3) is 12.2 Å². The van der Waals surface area contributed by atoms with E-state index in [4.69, 9.17) is 15.2 Å². The van der Waals surface area contributed by atoms with Crippen LogP contribution in [-0.2, 0) is 22.7 Å². The van der Waals surface area contributed by atoms with Gasteiger partial charge in [0, 0.05) is 5.92 Å². The van der Waals surface area contributed by atoms with E-state index in [-0.39, 0.29) is 5.92 Å². The summed E-state index contributed by atoms with van der Waals surface area (Å²) < 4.78 is 11.6. The monoisotopic (exact) mass is 337 g/mol. The lowest BCUT2D eigenvalue weighted by molar-refractivity contribution is 0.0301. The van der Waals surface area contributed by atoms with Gasteiger partial charge in [0.05, 0.1) is 26.4 Å². The summed E-state index contributed by atoms with van der Waals surface area (Å²) >= 11 is 0. The highest BCUT2D eigenvalue weighted by molar-refractivity contribution is 5.48. The van der Waals surface area contributed by atoms with Gasteiger partial charge in [-0.2, -0.15) is 0 Å². The molecule has 0 radical (unpaired) electrons. The molecule has 2 aromatic rings. The van der Waals surface area contributed by atoms with E-state index in [9.17, 15) is 0 Å². The van der Waals surface area contributed by atoms with E-state index in [2.05, 4.69) is 31.4 Å². The van der Waals surface area contributed by atoms with Gasteiger partial charge in [0.1, 0.15) is 0 Å². The third kappa shape index (κ3) is 6.67. The van der Waals surface area contributed by atoms with Gasteiger partial charge in [-0.1, -0.05) is 67.8 Å². The number of hydrogen-bond donors (Lipinski definition) is 1. The molecule has 0 aliphatic heterocycles. The van der Waals surface area contributed by atoms with Crippen LogP contribution in [0.4, 0.5) is 0 Å². The zero-order valence-electron chi connectivity index (χ0n) is 14.7. The normalized spacial score (nSPS) is 11.9. The van der Waals surface area contributed by atoms with E-state index in [1.165, 1.54) is 0 Å². The predicted octanol–water partition coefficient (Wildman–Crippen LogP) is 4.28. The molecule has 0 bridgehead atoms. The second-order valence-corrected chi connectivity index (χ2v) is 6.03. The Morgan fingerprint density at radius 3 is 2.08 bits per heavy atom. The summed E-state index contributed by atoms with van der Waals surface area (Å²) in [7, 11) is 0. The molecule has 2 aromatic carbocycles. The van der Waals surface area contributed by atoms with Gasteiger partial charge in [-0.25, -0.2) is 0 Å². The van der Waals surface area contributed by atoms with Crippen molar-refractivity contribution < 1.29 is 9.47 Å². The molecule has 0 saturated carbocycles. The highest BCUT2D eigenvalue weighted by Crippen LogP contribution is 2.10. The van der Waals surface area contributed by atoms with E-state index in [1.807, 2.05) is 42.5 Å². The summed E-state index contributed by atoms with van der Waals surface area (Å²) in [4.78, 5) is 0. The molecule has 2 N–H and O–H groups in total. The molecule has 0 amide bonds. The first kappa shape index (κ1) is 19.1. The van der Waals surface area contributed by atoms with Crippen LogP contribution in [0.15, 0.2) is 61.7 Å². The highest BCUT2D eigenvalue weighted by atomic mass is 16.5. The van der Waals surface area contributed by atoms with Crippen LogP contribution >= 0.6 is 0 Å². The summed E-state index contributed by atoms with van der Waals surface area (Å²) in [5, 5.41) is 0. The van der Waals surface area contributed by atoms with Gasteiger partial charge < -0.3 is 15.2 Å². The fourth-order valence-corrected chi connectivity index (χ4v) is 2.43. The van der Waals surface area contributed by atoms with E-state index >= 15 is 0 Å². The molecule has 1 unspecified atom stereocenters. The Kier molecular flexibility index (Phi) is 8.13. The van der Waals surface area contributed by atoms with Gasteiger partial charge in [-0.3, -0.25) is 0 Å². The van der Waals surface area contributed by atoms with Crippen molar-refractivity contribution in [3.8, 4) is 0 Å². The smallest absolute Gasteiger partial charge is 0.0717 e. The van der Waals surface area contributed by atoms with Gasteiger partial charge in [0.25, 0.3) is 0 Å². The predicted molar refractivity (Wildman–Crippen MR) is 105 cm³/mol. The average molecular weight is 337 g/mol. The van der Waals surface area contributed by atoms with Crippen LogP contribution in [0.1, 0.15) is 22.3 Å². The maximum Gasteiger partial charge on any atom is 0.0717 e. The first-order chi connectivity index (χ1) is 12.2. The molecule has 25 heavy (non-hydrogen) atoms. The fourth-order valence-electron chi connectivity index (χ4n) is 2.43. The summed E-state index contributed by atoms with van der Waals surface area (Å²) in [5.41, 5.74) is 10.3. The molecule has 0 aliphatic carbocycles. The van der Waals surface area contributed by atoms with Gasteiger partial charge in [0.2, 0.25) is 0 Å². The summed E-state index contributed by atoms with van der Waals surface area (Å²) in [6.07, 6.45) is 3.67. The molecule has 0 aliphatic rings. The largest absolute Gasteiger partial charge is 0.376 e. The molecule has 0 heterocycles. The van der Waals surface area contributed by atoms with Gasteiger partial charge in [0.15, 0.2) is 0 Å². The Balaban J connectivity index is 1.70. The SMILES string of the molecule is C=Cc1ccc(COCC(CN)COCc2cccc(C=C)c2)cc1. The maximum atomic E-state index is 5.83. The molecular formula is C22H27NO2. The number of hydrogen-bond acceptors (Lipinski definition) is 3. The van der Waals surface area contributed by atoms with Crippen molar-refractivity contribution in [2.45, 2.75) is 13.2 Å². The molecule has 1 atom stereocenters. The van der Waals surface area contributed by atoms with Crippen molar-refractivity contribution in [3.05, 3.63) is 83.9 Å². The third-order valence-corrected chi connectivity index (χ3v) is 3.98. The Morgan fingerprint density at radius 2 is 1.48 bits per heavy atom. The van der Waals surface area contributed by atoms with Crippen LogP contribution in [0.5, 0.6) is 0 Å². The molecule has 0 spiro atoms. The molecule has 0 fully saturated rings. The average Bonchev–Trinajstić information content (AvgIpc) is 2.67. The third-order valence-electron chi connectivity index (χ3n) is 3.98. The minimum absolute atomic E-state index is 0.190. The van der Waals surface area contributed by atoms with Crippen LogP contribution in [0.2, 0.25) is 0 Å². The molecule has 2 rings (SSSR count). The molecule has 0 saturated heterocycles. The van der Waals surface area contributed by atoms with Gasteiger partial charge >= 0.3 is 0 Å². The maximum absolute atomic E-state index is 5.83. The second kappa shape index (κ2) is 10.6. The quantitative estimate of drug-likeness (QED) is 0.665. The summed E-state index contributed by atoms with van der Waals surface area (Å²) in [6, 6.07) is 16.3. The van der Waals surface area contributed by atoms with Crippen LogP contribution in [-0.4, -0.2) is 19.8 Å². The van der Waals surface area contributed by atoms with Crippen molar-refractivity contribution in [3.63, 3.8) is 0 Å². The topological polar surface area (TPSA) is 44.5 Å². The zero-order valence-corrected chi connectivity index (χ0v) is 14.7. The fraction of sp³-hybridized carbons (Fsp3) is 0.273. The lowest BCUT2D eigenvalue weighted by Crippen LogP contribution is -2.24. The Bertz CT molecular complexity index is 664. The second-order valence-electron chi connectivity index (χ2n) is 6.03. The number of ether oxygens (including phenoxy) is 2. The van der Waals surface area contributed by atoms with E-state index < -0.39 is 0 Å².